The number of carbonyl (C=O) groups is 1. The third-order valence-corrected chi connectivity index (χ3v) is 4.23. The zero-order valence-electron chi connectivity index (χ0n) is 11.7. The fourth-order valence-corrected chi connectivity index (χ4v) is 2.95. The number of benzene rings is 1. The Balaban J connectivity index is 1.86. The second kappa shape index (κ2) is 7.04. The number of hydrogen-bond acceptors (Lipinski definition) is 1. The Morgan fingerprint density at radius 3 is 2.75 bits per heavy atom. The first-order valence-electron chi connectivity index (χ1n) is 7.13. The first-order chi connectivity index (χ1) is 9.56. The molecule has 1 amide bonds. The van der Waals surface area contributed by atoms with Gasteiger partial charge in [-0.2, -0.15) is 0 Å². The van der Waals surface area contributed by atoms with Gasteiger partial charge in [0.05, 0.1) is 18.1 Å². The van der Waals surface area contributed by atoms with Crippen molar-refractivity contribution in [2.75, 3.05) is 18.9 Å². The molecule has 1 unspecified atom stereocenters. The van der Waals surface area contributed by atoms with Crippen molar-refractivity contribution in [3.63, 3.8) is 0 Å². The molecular formula is C15H21ClFN2O+. The monoisotopic (exact) mass is 299 g/mol. The van der Waals surface area contributed by atoms with Crippen LogP contribution in [0.2, 0.25) is 5.02 Å². The summed E-state index contributed by atoms with van der Waals surface area (Å²) in [6.45, 7) is 0.430. The van der Waals surface area contributed by atoms with Gasteiger partial charge in [0.2, 0.25) is 0 Å². The third kappa shape index (κ3) is 4.18. The summed E-state index contributed by atoms with van der Waals surface area (Å²) in [5.41, 5.74) is 0.540. The van der Waals surface area contributed by atoms with Gasteiger partial charge in [-0.15, -0.1) is 0 Å². The van der Waals surface area contributed by atoms with Gasteiger partial charge < -0.3 is 10.2 Å². The van der Waals surface area contributed by atoms with Gasteiger partial charge in [-0.05, 0) is 43.9 Å². The predicted molar refractivity (Wildman–Crippen MR) is 78.7 cm³/mol. The predicted octanol–water partition coefficient (Wildman–Crippen LogP) is 2.27. The molecule has 0 spiro atoms. The molecule has 1 aromatic rings. The van der Waals surface area contributed by atoms with E-state index >= 15 is 0 Å². The van der Waals surface area contributed by atoms with Crippen molar-refractivity contribution in [1.82, 2.24) is 0 Å². The van der Waals surface area contributed by atoms with Crippen LogP contribution in [-0.4, -0.2) is 25.5 Å². The van der Waals surface area contributed by atoms with Gasteiger partial charge in [-0.1, -0.05) is 18.0 Å². The summed E-state index contributed by atoms with van der Waals surface area (Å²) in [5, 5.41) is 2.79. The number of hydrogen-bond donors (Lipinski definition) is 2. The van der Waals surface area contributed by atoms with Gasteiger partial charge in [0.15, 0.2) is 6.54 Å². The summed E-state index contributed by atoms with van der Waals surface area (Å²) >= 11 is 5.69. The fraction of sp³-hybridized carbons (Fsp3) is 0.533. The Morgan fingerprint density at radius 1 is 1.40 bits per heavy atom. The molecular weight excluding hydrogens is 279 g/mol. The summed E-state index contributed by atoms with van der Waals surface area (Å²) in [4.78, 5) is 13.2. The highest BCUT2D eigenvalue weighted by atomic mass is 35.5. The van der Waals surface area contributed by atoms with Crippen LogP contribution in [0.25, 0.3) is 0 Å². The maximum atomic E-state index is 13.0. The van der Waals surface area contributed by atoms with Crippen molar-refractivity contribution >= 4 is 23.2 Å². The van der Waals surface area contributed by atoms with E-state index in [0.29, 0.717) is 18.3 Å². The second-order valence-corrected chi connectivity index (χ2v) is 5.94. The molecule has 1 atom stereocenters. The topological polar surface area (TPSA) is 33.5 Å². The zero-order chi connectivity index (χ0) is 14.5. The molecule has 3 nitrogen and oxygen atoms in total. The van der Waals surface area contributed by atoms with Crippen molar-refractivity contribution in [2.24, 2.45) is 0 Å². The average molecular weight is 300 g/mol. The van der Waals surface area contributed by atoms with E-state index in [1.807, 2.05) is 0 Å². The molecule has 0 bridgehead atoms. The van der Waals surface area contributed by atoms with Crippen LogP contribution in [0.5, 0.6) is 0 Å². The Labute approximate surface area is 124 Å². The minimum absolute atomic E-state index is 0.0239. The highest BCUT2D eigenvalue weighted by Gasteiger charge is 2.23. The molecule has 5 heteroatoms. The van der Waals surface area contributed by atoms with E-state index < -0.39 is 5.82 Å². The molecule has 0 aromatic heterocycles. The number of anilines is 1. The largest absolute Gasteiger partial charge is 0.327 e. The van der Waals surface area contributed by atoms with Gasteiger partial charge >= 0.3 is 0 Å². The van der Waals surface area contributed by atoms with E-state index in [9.17, 15) is 9.18 Å². The molecule has 1 aromatic carbocycles. The SMILES string of the molecule is C[NH+](CC(=O)Nc1ccc(F)c(Cl)c1)C1CCCCC1. The smallest absolute Gasteiger partial charge is 0.279 e. The minimum Gasteiger partial charge on any atom is -0.327 e. The lowest BCUT2D eigenvalue weighted by molar-refractivity contribution is -0.899. The lowest BCUT2D eigenvalue weighted by Crippen LogP contribution is -3.14. The lowest BCUT2D eigenvalue weighted by atomic mass is 9.94. The molecule has 2 N–H and O–H groups in total. The molecule has 1 fully saturated rings. The number of quaternary nitrogens is 1. The zero-order valence-corrected chi connectivity index (χ0v) is 12.5. The van der Waals surface area contributed by atoms with Gasteiger partial charge in [0.1, 0.15) is 5.82 Å². The molecule has 0 aliphatic heterocycles. The second-order valence-electron chi connectivity index (χ2n) is 5.54. The van der Waals surface area contributed by atoms with Crippen LogP contribution >= 0.6 is 11.6 Å². The van der Waals surface area contributed by atoms with Gasteiger partial charge in [-0.25, -0.2) is 4.39 Å². The minimum atomic E-state index is -0.477. The first-order valence-corrected chi connectivity index (χ1v) is 7.51. The Morgan fingerprint density at radius 2 is 2.10 bits per heavy atom. The molecule has 0 radical (unpaired) electrons. The van der Waals surface area contributed by atoms with E-state index in [4.69, 9.17) is 11.6 Å². The summed E-state index contributed by atoms with van der Waals surface area (Å²) in [6.07, 6.45) is 6.22. The number of rotatable bonds is 4. The van der Waals surface area contributed by atoms with Crippen LogP contribution in [0.3, 0.4) is 0 Å². The molecule has 1 aliphatic rings. The lowest BCUT2D eigenvalue weighted by Gasteiger charge is -2.27. The molecule has 0 heterocycles. The summed E-state index contributed by atoms with van der Waals surface area (Å²) in [7, 11) is 2.06. The molecule has 1 saturated carbocycles. The van der Waals surface area contributed by atoms with E-state index in [2.05, 4.69) is 12.4 Å². The van der Waals surface area contributed by atoms with E-state index in [1.54, 1.807) is 0 Å². The average Bonchev–Trinajstić information content (AvgIpc) is 2.44. The van der Waals surface area contributed by atoms with Crippen molar-refractivity contribution in [3.8, 4) is 0 Å². The molecule has 0 saturated heterocycles. The van der Waals surface area contributed by atoms with Crippen molar-refractivity contribution in [2.45, 2.75) is 38.1 Å². The van der Waals surface area contributed by atoms with Gasteiger partial charge in [-0.3, -0.25) is 4.79 Å². The third-order valence-electron chi connectivity index (χ3n) is 3.94. The van der Waals surface area contributed by atoms with E-state index in [0.717, 1.165) is 0 Å². The maximum Gasteiger partial charge on any atom is 0.279 e. The Kier molecular flexibility index (Phi) is 5.38. The normalized spacial score (nSPS) is 17.8. The van der Waals surface area contributed by atoms with E-state index in [1.165, 1.54) is 55.2 Å². The van der Waals surface area contributed by atoms with Crippen molar-refractivity contribution in [1.29, 1.82) is 0 Å². The summed E-state index contributed by atoms with van der Waals surface area (Å²) < 4.78 is 13.0. The van der Waals surface area contributed by atoms with Crippen LogP contribution in [0.15, 0.2) is 18.2 Å². The summed E-state index contributed by atoms with van der Waals surface area (Å²) in [6, 6.07) is 4.79. The number of halogens is 2. The van der Waals surface area contributed by atoms with Crippen LogP contribution in [-0.2, 0) is 4.79 Å². The summed E-state index contributed by atoms with van der Waals surface area (Å²) in [5.74, 6) is -0.537. The molecule has 110 valence electrons. The van der Waals surface area contributed by atoms with Crippen molar-refractivity contribution in [3.05, 3.63) is 29.0 Å². The molecule has 20 heavy (non-hydrogen) atoms. The quantitative estimate of drug-likeness (QED) is 0.878. The first kappa shape index (κ1) is 15.3. The fourth-order valence-electron chi connectivity index (χ4n) is 2.77. The van der Waals surface area contributed by atoms with Crippen LogP contribution in [0.1, 0.15) is 32.1 Å². The van der Waals surface area contributed by atoms with Crippen LogP contribution < -0.4 is 10.2 Å². The van der Waals surface area contributed by atoms with Gasteiger partial charge in [0, 0.05) is 5.69 Å². The maximum absolute atomic E-state index is 13.0. The molecule has 1 aliphatic carbocycles. The van der Waals surface area contributed by atoms with E-state index in [-0.39, 0.29) is 10.9 Å². The number of carbonyl (C=O) groups excluding carboxylic acids is 1. The number of nitrogens with one attached hydrogen (secondary N) is 2. The molecule has 2 rings (SSSR count). The standard InChI is InChI=1S/C15H20ClFN2O/c1-19(12-5-3-2-4-6-12)10-15(20)18-11-7-8-14(17)13(16)9-11/h7-9,12H,2-6,10H2,1H3,(H,18,20)/p+1. The van der Waals surface area contributed by atoms with Gasteiger partial charge in [0.25, 0.3) is 5.91 Å². The van der Waals surface area contributed by atoms with Crippen LogP contribution in [0, 0.1) is 5.82 Å². The highest BCUT2D eigenvalue weighted by Crippen LogP contribution is 2.19. The van der Waals surface area contributed by atoms with Crippen LogP contribution in [0.4, 0.5) is 10.1 Å². The number of amides is 1. The highest BCUT2D eigenvalue weighted by molar-refractivity contribution is 6.31. The number of likely N-dealkylation sites (N-methyl/N-ethyl adjacent to an activating group) is 1. The Hall–Kier alpha value is -1.13. The Bertz CT molecular complexity index is 475. The van der Waals surface area contributed by atoms with Crippen molar-refractivity contribution < 1.29 is 14.1 Å².